The number of aliphatic hydroxyl groups excluding tert-OH is 1. The van der Waals surface area contributed by atoms with Gasteiger partial charge in [0.15, 0.2) is 6.10 Å². The van der Waals surface area contributed by atoms with Gasteiger partial charge < -0.3 is 19.7 Å². The summed E-state index contributed by atoms with van der Waals surface area (Å²) < 4.78 is 20.6. The predicted octanol–water partition coefficient (Wildman–Crippen LogP) is 1.76. The van der Waals surface area contributed by atoms with Crippen LogP contribution in [0.2, 0.25) is 0 Å². The van der Waals surface area contributed by atoms with Gasteiger partial charge in [0.2, 0.25) is 0 Å². The van der Waals surface area contributed by atoms with E-state index in [9.17, 15) is 14.3 Å². The zero-order chi connectivity index (χ0) is 14.1. The van der Waals surface area contributed by atoms with Gasteiger partial charge in [-0.3, -0.25) is 0 Å². The van der Waals surface area contributed by atoms with E-state index in [1.165, 1.54) is 6.07 Å². The molecule has 0 radical (unpaired) electrons. The van der Waals surface area contributed by atoms with Gasteiger partial charge in [0.25, 0.3) is 0 Å². The van der Waals surface area contributed by atoms with Crippen LogP contribution in [0.15, 0.2) is 42.7 Å². The van der Waals surface area contributed by atoms with Crippen molar-refractivity contribution in [3.63, 3.8) is 0 Å². The molecule has 2 N–H and O–H groups in total. The summed E-state index contributed by atoms with van der Waals surface area (Å²) in [5.74, 6) is -0.449. The zero-order valence-electron chi connectivity index (χ0n) is 10.5. The van der Waals surface area contributed by atoms with Crippen molar-refractivity contribution in [2.24, 2.45) is 0 Å². The van der Waals surface area contributed by atoms with Crippen molar-refractivity contribution in [2.75, 3.05) is 6.54 Å². The molecule has 6 heteroatoms. The molecular formula is C14H13FN2O3. The highest BCUT2D eigenvalue weighted by molar-refractivity contribution is 5.69. The Bertz CT molecular complexity index is 627. The largest absolute Gasteiger partial charge is 0.441 e. The molecule has 20 heavy (non-hydrogen) atoms. The highest BCUT2D eigenvalue weighted by atomic mass is 19.1. The molecule has 1 aromatic carbocycles. The number of nitrogens with one attached hydrogen (secondary N) is 1. The highest BCUT2D eigenvalue weighted by Crippen LogP contribution is 2.24. The molecule has 0 saturated carbocycles. The first-order valence-electron chi connectivity index (χ1n) is 6.20. The molecule has 1 amide bonds. The average Bonchev–Trinajstić information content (AvgIpc) is 3.09. The van der Waals surface area contributed by atoms with Gasteiger partial charge in [-0.2, -0.15) is 0 Å². The number of ether oxygens (including phenoxy) is 1. The van der Waals surface area contributed by atoms with Crippen LogP contribution in [0.1, 0.15) is 11.7 Å². The lowest BCUT2D eigenvalue weighted by Gasteiger charge is -2.17. The highest BCUT2D eigenvalue weighted by Gasteiger charge is 2.30. The van der Waals surface area contributed by atoms with Gasteiger partial charge in [0, 0.05) is 12.4 Å². The van der Waals surface area contributed by atoms with Gasteiger partial charge in [-0.1, -0.05) is 6.07 Å². The fourth-order valence-electron chi connectivity index (χ4n) is 2.21. The number of alkyl carbamates (subject to hydrolysis) is 1. The van der Waals surface area contributed by atoms with Gasteiger partial charge in [0.05, 0.1) is 12.2 Å². The standard InChI is InChI=1S/C14H13FN2O3/c15-10-7-9(13(18)12-8-16-14(19)20-12)3-4-11(10)17-5-1-2-6-17/h1-7,12-13,18H,8H2,(H,16,19). The molecule has 3 rings (SSSR count). The van der Waals surface area contributed by atoms with Crippen LogP contribution in [0, 0.1) is 5.82 Å². The summed E-state index contributed by atoms with van der Waals surface area (Å²) in [6.07, 6.45) is 1.15. The number of carbonyl (C=O) groups is 1. The Labute approximate surface area is 114 Å². The van der Waals surface area contributed by atoms with Crippen molar-refractivity contribution in [3.8, 4) is 5.69 Å². The summed E-state index contributed by atoms with van der Waals surface area (Å²) in [4.78, 5) is 10.9. The molecule has 0 bridgehead atoms. The van der Waals surface area contributed by atoms with E-state index < -0.39 is 24.1 Å². The Hall–Kier alpha value is -2.34. The molecular weight excluding hydrogens is 263 g/mol. The van der Waals surface area contributed by atoms with Gasteiger partial charge in [-0.25, -0.2) is 9.18 Å². The van der Waals surface area contributed by atoms with E-state index in [-0.39, 0.29) is 6.54 Å². The van der Waals surface area contributed by atoms with Crippen LogP contribution in [0.3, 0.4) is 0 Å². The summed E-state index contributed by atoms with van der Waals surface area (Å²) in [5.41, 5.74) is 0.771. The fraction of sp³-hybridized carbons (Fsp3) is 0.214. The lowest BCUT2D eigenvalue weighted by molar-refractivity contribution is 0.0318. The molecule has 1 saturated heterocycles. The van der Waals surface area contributed by atoms with Gasteiger partial charge >= 0.3 is 6.09 Å². The number of hydrogen-bond acceptors (Lipinski definition) is 3. The number of hydrogen-bond donors (Lipinski definition) is 2. The minimum Gasteiger partial charge on any atom is -0.441 e. The van der Waals surface area contributed by atoms with Crippen LogP contribution in [0.25, 0.3) is 5.69 Å². The third-order valence-electron chi connectivity index (χ3n) is 3.25. The third-order valence-corrected chi connectivity index (χ3v) is 3.25. The molecule has 2 unspecified atom stereocenters. The molecule has 1 aromatic heterocycles. The summed E-state index contributed by atoms with van der Waals surface area (Å²) in [7, 11) is 0. The zero-order valence-corrected chi connectivity index (χ0v) is 10.5. The molecule has 1 aliphatic rings. The molecule has 5 nitrogen and oxygen atoms in total. The Morgan fingerprint density at radius 3 is 2.75 bits per heavy atom. The van der Waals surface area contributed by atoms with Crippen molar-refractivity contribution in [1.29, 1.82) is 0 Å². The normalized spacial score (nSPS) is 19.5. The van der Waals surface area contributed by atoms with E-state index in [1.54, 1.807) is 41.2 Å². The first-order chi connectivity index (χ1) is 9.65. The van der Waals surface area contributed by atoms with E-state index in [0.29, 0.717) is 11.3 Å². The minimum atomic E-state index is -1.05. The number of amides is 1. The van der Waals surface area contributed by atoms with E-state index in [4.69, 9.17) is 4.74 Å². The van der Waals surface area contributed by atoms with E-state index in [1.807, 2.05) is 0 Å². The molecule has 0 aliphatic carbocycles. The van der Waals surface area contributed by atoms with E-state index in [2.05, 4.69) is 5.32 Å². The number of halogens is 1. The lowest BCUT2D eigenvalue weighted by Crippen LogP contribution is -2.22. The number of aliphatic hydroxyl groups is 1. The summed E-state index contributed by atoms with van der Waals surface area (Å²) in [6.45, 7) is 0.209. The van der Waals surface area contributed by atoms with Crippen molar-refractivity contribution in [1.82, 2.24) is 9.88 Å². The number of carbonyl (C=O) groups excluding carboxylic acids is 1. The Morgan fingerprint density at radius 2 is 2.15 bits per heavy atom. The Kier molecular flexibility index (Phi) is 3.15. The Morgan fingerprint density at radius 1 is 1.40 bits per heavy atom. The molecule has 0 spiro atoms. The summed E-state index contributed by atoms with van der Waals surface area (Å²) >= 11 is 0. The second kappa shape index (κ2) is 4.97. The van der Waals surface area contributed by atoms with E-state index >= 15 is 0 Å². The van der Waals surface area contributed by atoms with Crippen molar-refractivity contribution < 1.29 is 19.0 Å². The number of rotatable bonds is 3. The van der Waals surface area contributed by atoms with Crippen molar-refractivity contribution in [2.45, 2.75) is 12.2 Å². The van der Waals surface area contributed by atoms with Crippen LogP contribution < -0.4 is 5.32 Å². The second-order valence-electron chi connectivity index (χ2n) is 4.57. The maximum atomic E-state index is 14.1. The van der Waals surface area contributed by atoms with Crippen LogP contribution in [0.5, 0.6) is 0 Å². The molecule has 2 aromatic rings. The summed E-state index contributed by atoms with van der Waals surface area (Å²) in [6, 6.07) is 8.05. The Balaban J connectivity index is 1.85. The molecule has 104 valence electrons. The van der Waals surface area contributed by atoms with Gasteiger partial charge in [0.1, 0.15) is 11.9 Å². The minimum absolute atomic E-state index is 0.209. The maximum absolute atomic E-state index is 14.1. The molecule has 1 aliphatic heterocycles. The SMILES string of the molecule is O=C1NCC(C(O)c2ccc(-n3cccc3)c(F)c2)O1. The van der Waals surface area contributed by atoms with Crippen LogP contribution in [0.4, 0.5) is 9.18 Å². The number of cyclic esters (lactones) is 1. The molecule has 2 heterocycles. The summed E-state index contributed by atoms with van der Waals surface area (Å²) in [5, 5.41) is 12.5. The average molecular weight is 276 g/mol. The molecule has 2 atom stereocenters. The van der Waals surface area contributed by atoms with Crippen molar-refractivity contribution >= 4 is 6.09 Å². The fourth-order valence-corrected chi connectivity index (χ4v) is 2.21. The first-order valence-corrected chi connectivity index (χ1v) is 6.20. The lowest BCUT2D eigenvalue weighted by atomic mass is 10.0. The number of aromatic nitrogens is 1. The smallest absolute Gasteiger partial charge is 0.407 e. The topological polar surface area (TPSA) is 63.5 Å². The molecule has 1 fully saturated rings. The van der Waals surface area contributed by atoms with Crippen LogP contribution in [-0.2, 0) is 4.74 Å². The van der Waals surface area contributed by atoms with Gasteiger partial charge in [-0.15, -0.1) is 0 Å². The maximum Gasteiger partial charge on any atom is 0.407 e. The second-order valence-corrected chi connectivity index (χ2v) is 4.57. The van der Waals surface area contributed by atoms with Crippen molar-refractivity contribution in [3.05, 3.63) is 54.1 Å². The van der Waals surface area contributed by atoms with Gasteiger partial charge in [-0.05, 0) is 29.8 Å². The monoisotopic (exact) mass is 276 g/mol. The van der Waals surface area contributed by atoms with E-state index in [0.717, 1.165) is 0 Å². The first kappa shape index (κ1) is 12.7. The van der Waals surface area contributed by atoms with Crippen LogP contribution in [-0.4, -0.2) is 28.4 Å². The number of nitrogens with zero attached hydrogens (tertiary/aromatic N) is 1. The third kappa shape index (κ3) is 2.25. The predicted molar refractivity (Wildman–Crippen MR) is 69.0 cm³/mol. The van der Waals surface area contributed by atoms with Crippen LogP contribution >= 0.6 is 0 Å². The number of benzene rings is 1. The quantitative estimate of drug-likeness (QED) is 0.898.